The number of hydrogen-bond acceptors (Lipinski definition) is 4. The highest BCUT2D eigenvalue weighted by atomic mass is 16.3. The van der Waals surface area contributed by atoms with Crippen LogP contribution in [0.5, 0.6) is 5.75 Å². The molecule has 1 amide bonds. The van der Waals surface area contributed by atoms with Crippen molar-refractivity contribution in [2.75, 3.05) is 19.6 Å². The molecule has 5 heteroatoms. The van der Waals surface area contributed by atoms with Gasteiger partial charge < -0.3 is 15.3 Å². The van der Waals surface area contributed by atoms with Crippen molar-refractivity contribution in [2.45, 2.75) is 13.0 Å². The Morgan fingerprint density at radius 1 is 1.62 bits per heavy atom. The van der Waals surface area contributed by atoms with Crippen LogP contribution in [0.4, 0.5) is 0 Å². The van der Waals surface area contributed by atoms with E-state index < -0.39 is 0 Å². The number of hydrogen-bond donors (Lipinski definition) is 2. The van der Waals surface area contributed by atoms with Crippen LogP contribution in [0.15, 0.2) is 18.5 Å². The van der Waals surface area contributed by atoms with Gasteiger partial charge >= 0.3 is 0 Å². The summed E-state index contributed by atoms with van der Waals surface area (Å²) in [5, 5.41) is 12.5. The molecule has 0 saturated carbocycles. The molecule has 1 saturated heterocycles. The Morgan fingerprint density at radius 2 is 2.44 bits per heavy atom. The Kier molecular flexibility index (Phi) is 3.05. The summed E-state index contributed by atoms with van der Waals surface area (Å²) in [6, 6.07) is 1.62. The van der Waals surface area contributed by atoms with Gasteiger partial charge in [0.2, 0.25) is 0 Å². The first-order chi connectivity index (χ1) is 7.68. The summed E-state index contributed by atoms with van der Waals surface area (Å²) >= 11 is 0. The van der Waals surface area contributed by atoms with E-state index in [1.807, 2.05) is 6.92 Å². The van der Waals surface area contributed by atoms with Crippen LogP contribution >= 0.6 is 0 Å². The molecule has 2 N–H and O–H groups in total. The zero-order valence-corrected chi connectivity index (χ0v) is 9.18. The number of aromatic hydroxyl groups is 1. The second-order valence-electron chi connectivity index (χ2n) is 3.98. The molecule has 1 fully saturated rings. The van der Waals surface area contributed by atoms with Crippen molar-refractivity contribution < 1.29 is 9.90 Å². The van der Waals surface area contributed by atoms with Crippen molar-refractivity contribution in [2.24, 2.45) is 0 Å². The predicted octanol–water partition coefficient (Wildman–Crippen LogP) is 0.221. The topological polar surface area (TPSA) is 65.5 Å². The smallest absolute Gasteiger partial charge is 0.255 e. The third-order valence-corrected chi connectivity index (χ3v) is 2.73. The molecule has 1 aromatic heterocycles. The fraction of sp³-hybridized carbons (Fsp3) is 0.455. The molecular weight excluding hydrogens is 206 g/mol. The molecule has 1 atom stereocenters. The van der Waals surface area contributed by atoms with Crippen molar-refractivity contribution >= 4 is 5.91 Å². The lowest BCUT2D eigenvalue weighted by atomic mass is 10.1. The highest BCUT2D eigenvalue weighted by Crippen LogP contribution is 2.13. The first-order valence-electron chi connectivity index (χ1n) is 5.34. The van der Waals surface area contributed by atoms with Crippen LogP contribution in [-0.2, 0) is 0 Å². The number of nitrogens with zero attached hydrogens (tertiary/aromatic N) is 2. The summed E-state index contributed by atoms with van der Waals surface area (Å²) in [6.07, 6.45) is 2.80. The van der Waals surface area contributed by atoms with Crippen molar-refractivity contribution in [3.05, 3.63) is 24.0 Å². The highest BCUT2D eigenvalue weighted by molar-refractivity contribution is 5.94. The summed E-state index contributed by atoms with van der Waals surface area (Å²) < 4.78 is 0. The number of aromatic nitrogens is 1. The van der Waals surface area contributed by atoms with Gasteiger partial charge in [-0.15, -0.1) is 0 Å². The average molecular weight is 221 g/mol. The first kappa shape index (κ1) is 10.9. The average Bonchev–Trinajstić information content (AvgIpc) is 2.29. The van der Waals surface area contributed by atoms with Crippen LogP contribution in [0.3, 0.4) is 0 Å². The summed E-state index contributed by atoms with van der Waals surface area (Å²) in [7, 11) is 0. The maximum Gasteiger partial charge on any atom is 0.255 e. The molecule has 0 bridgehead atoms. The summed E-state index contributed by atoms with van der Waals surface area (Å²) in [5.74, 6) is -0.0500. The largest absolute Gasteiger partial charge is 0.506 e. The number of rotatable bonds is 1. The molecule has 2 heterocycles. The highest BCUT2D eigenvalue weighted by Gasteiger charge is 2.24. The normalized spacial score (nSPS) is 20.8. The zero-order valence-electron chi connectivity index (χ0n) is 9.18. The van der Waals surface area contributed by atoms with E-state index in [2.05, 4.69) is 10.3 Å². The Labute approximate surface area is 94.1 Å². The minimum Gasteiger partial charge on any atom is -0.506 e. The molecule has 2 rings (SSSR count). The molecular formula is C11H15N3O2. The minimum atomic E-state index is -0.0719. The molecule has 5 nitrogen and oxygen atoms in total. The molecule has 16 heavy (non-hydrogen) atoms. The van der Waals surface area contributed by atoms with E-state index in [0.717, 1.165) is 13.1 Å². The van der Waals surface area contributed by atoms with Crippen LogP contribution in [0, 0.1) is 0 Å². The molecule has 86 valence electrons. The van der Waals surface area contributed by atoms with Crippen molar-refractivity contribution in [1.29, 1.82) is 0 Å². The lowest BCUT2D eigenvalue weighted by Gasteiger charge is -2.33. The van der Waals surface area contributed by atoms with Gasteiger partial charge in [-0.05, 0) is 13.0 Å². The van der Waals surface area contributed by atoms with Crippen LogP contribution in [0.1, 0.15) is 17.3 Å². The predicted molar refractivity (Wildman–Crippen MR) is 59.3 cm³/mol. The first-order valence-corrected chi connectivity index (χ1v) is 5.34. The molecule has 0 radical (unpaired) electrons. The van der Waals surface area contributed by atoms with E-state index in [9.17, 15) is 9.90 Å². The van der Waals surface area contributed by atoms with Crippen LogP contribution in [-0.4, -0.2) is 46.6 Å². The number of nitrogens with one attached hydrogen (secondary N) is 1. The number of piperazine rings is 1. The van der Waals surface area contributed by atoms with Gasteiger partial charge in [0.05, 0.1) is 11.8 Å². The van der Waals surface area contributed by atoms with Gasteiger partial charge in [-0.3, -0.25) is 9.78 Å². The monoisotopic (exact) mass is 221 g/mol. The molecule has 1 aromatic rings. The minimum absolute atomic E-state index is 0.0219. The van der Waals surface area contributed by atoms with E-state index in [-0.39, 0.29) is 17.7 Å². The summed E-state index contributed by atoms with van der Waals surface area (Å²) in [4.78, 5) is 17.7. The third kappa shape index (κ3) is 2.14. The van der Waals surface area contributed by atoms with Gasteiger partial charge in [0.25, 0.3) is 5.91 Å². The van der Waals surface area contributed by atoms with Gasteiger partial charge in [0, 0.05) is 31.9 Å². The summed E-state index contributed by atoms with van der Waals surface area (Å²) in [5.41, 5.74) is 0.439. The van der Waals surface area contributed by atoms with E-state index in [0.29, 0.717) is 12.1 Å². The van der Waals surface area contributed by atoms with Gasteiger partial charge in [0.1, 0.15) is 5.75 Å². The Balaban J connectivity index is 2.17. The number of amides is 1. The van der Waals surface area contributed by atoms with E-state index in [1.54, 1.807) is 4.90 Å². The van der Waals surface area contributed by atoms with Gasteiger partial charge in [-0.25, -0.2) is 0 Å². The number of carbonyl (C=O) groups is 1. The second-order valence-corrected chi connectivity index (χ2v) is 3.98. The standard InChI is InChI=1S/C11H15N3O2/c1-8-5-12-2-3-14(8)11(16)9-4-10(15)7-13-6-9/h4,6-8,12,15H,2-3,5H2,1H3/t8-/m1/s1. The van der Waals surface area contributed by atoms with Crippen LogP contribution in [0.25, 0.3) is 0 Å². The second kappa shape index (κ2) is 4.49. The molecule has 0 unspecified atom stereocenters. The third-order valence-electron chi connectivity index (χ3n) is 2.73. The summed E-state index contributed by atoms with van der Waals surface area (Å²) in [6.45, 7) is 4.30. The van der Waals surface area contributed by atoms with Gasteiger partial charge in [-0.2, -0.15) is 0 Å². The lowest BCUT2D eigenvalue weighted by molar-refractivity contribution is 0.0655. The van der Waals surface area contributed by atoms with Crippen LogP contribution in [0.2, 0.25) is 0 Å². The molecule has 0 spiro atoms. The Hall–Kier alpha value is -1.62. The Bertz CT molecular complexity index is 395. The van der Waals surface area contributed by atoms with Crippen molar-refractivity contribution in [3.8, 4) is 5.75 Å². The Morgan fingerprint density at radius 3 is 3.12 bits per heavy atom. The van der Waals surface area contributed by atoms with Crippen LogP contribution < -0.4 is 5.32 Å². The number of carbonyl (C=O) groups excluding carboxylic acids is 1. The lowest BCUT2D eigenvalue weighted by Crippen LogP contribution is -2.52. The maximum absolute atomic E-state index is 12.1. The molecule has 0 aliphatic carbocycles. The molecule has 1 aliphatic heterocycles. The van der Waals surface area contributed by atoms with Crippen molar-refractivity contribution in [3.63, 3.8) is 0 Å². The number of pyridine rings is 1. The SMILES string of the molecule is C[C@@H]1CNCCN1C(=O)c1cncc(O)c1. The van der Waals surface area contributed by atoms with Gasteiger partial charge in [-0.1, -0.05) is 0 Å². The molecule has 0 aromatic carbocycles. The van der Waals surface area contributed by atoms with Gasteiger partial charge in [0.15, 0.2) is 0 Å². The fourth-order valence-corrected chi connectivity index (χ4v) is 1.85. The zero-order chi connectivity index (χ0) is 11.5. The maximum atomic E-state index is 12.1. The van der Waals surface area contributed by atoms with E-state index >= 15 is 0 Å². The fourth-order valence-electron chi connectivity index (χ4n) is 1.85. The molecule has 1 aliphatic rings. The van der Waals surface area contributed by atoms with Crippen molar-refractivity contribution in [1.82, 2.24) is 15.2 Å². The quantitative estimate of drug-likeness (QED) is 0.712. The van der Waals surface area contributed by atoms with E-state index in [4.69, 9.17) is 0 Å². The van der Waals surface area contributed by atoms with E-state index in [1.165, 1.54) is 18.5 Å².